The topological polar surface area (TPSA) is 112 Å². The Kier molecular flexibility index (Phi) is 13.8. The summed E-state index contributed by atoms with van der Waals surface area (Å²) >= 11 is 0. The van der Waals surface area contributed by atoms with E-state index in [1.165, 1.54) is 0 Å². The number of likely N-dealkylation sites (N-methyl/N-ethyl adjacent to an activating group) is 1. The summed E-state index contributed by atoms with van der Waals surface area (Å²) in [6.45, 7) is 2.66. The number of phosphoric ester groups is 1. The summed E-state index contributed by atoms with van der Waals surface area (Å²) in [5.74, 6) is 0. The van der Waals surface area contributed by atoms with Crippen LogP contribution in [0, 0.1) is 0 Å². The summed E-state index contributed by atoms with van der Waals surface area (Å²) in [6, 6.07) is 0. The molecule has 1 fully saturated rings. The SMILES string of the molecule is C[N+](C)(C)CCOP(=O)([O-])OC[C@@H](COCCCCCCN)OC1CCCCO1. The number of hydrogen-bond acceptors (Lipinski definition) is 8. The fourth-order valence-electron chi connectivity index (χ4n) is 2.71. The second-order valence-corrected chi connectivity index (χ2v) is 9.83. The van der Waals surface area contributed by atoms with Gasteiger partial charge in [-0.05, 0) is 38.6 Å². The summed E-state index contributed by atoms with van der Waals surface area (Å²) in [7, 11) is 1.49. The summed E-state index contributed by atoms with van der Waals surface area (Å²) < 4.78 is 39.8. The van der Waals surface area contributed by atoms with E-state index in [1.54, 1.807) is 0 Å². The van der Waals surface area contributed by atoms with Crippen LogP contribution in [-0.2, 0) is 27.8 Å². The molecule has 0 aromatic heterocycles. The highest BCUT2D eigenvalue weighted by Crippen LogP contribution is 2.38. The fraction of sp³-hybridized carbons (Fsp3) is 1.00. The number of ether oxygens (including phenoxy) is 3. The zero-order chi connectivity index (χ0) is 21.6. The third-order valence-electron chi connectivity index (χ3n) is 4.46. The van der Waals surface area contributed by atoms with Gasteiger partial charge in [-0.25, -0.2) is 0 Å². The molecule has 0 aromatic carbocycles. The highest BCUT2D eigenvalue weighted by atomic mass is 31.2. The van der Waals surface area contributed by atoms with Gasteiger partial charge in [-0.3, -0.25) is 4.57 Å². The standard InChI is InChI=1S/C19H41N2O7P/c1-21(2,3)12-15-26-29(22,23)27-17-18(28-19-10-6-9-14-25-19)16-24-13-8-5-4-7-11-20/h18-19H,4-17,20H2,1-3H3/t18-,19?/m1/s1. The molecule has 2 N–H and O–H groups in total. The van der Waals surface area contributed by atoms with Gasteiger partial charge in [-0.1, -0.05) is 12.8 Å². The molecule has 1 rings (SSSR count). The third-order valence-corrected chi connectivity index (χ3v) is 5.42. The largest absolute Gasteiger partial charge is 0.756 e. The molecule has 0 bridgehead atoms. The number of nitrogens with two attached hydrogens (primary N) is 1. The van der Waals surface area contributed by atoms with E-state index in [4.69, 9.17) is 29.0 Å². The van der Waals surface area contributed by atoms with Crippen molar-refractivity contribution in [3.63, 3.8) is 0 Å². The number of phosphoric acid groups is 1. The Balaban J connectivity index is 2.38. The molecule has 1 aliphatic heterocycles. The molecule has 174 valence electrons. The molecule has 1 aliphatic rings. The lowest BCUT2D eigenvalue weighted by Crippen LogP contribution is -2.38. The Morgan fingerprint density at radius 2 is 1.86 bits per heavy atom. The number of unbranched alkanes of at least 4 members (excludes halogenated alkanes) is 3. The Labute approximate surface area is 176 Å². The lowest BCUT2D eigenvalue weighted by atomic mass is 10.2. The van der Waals surface area contributed by atoms with Gasteiger partial charge in [0.15, 0.2) is 6.29 Å². The molecule has 0 amide bonds. The first-order chi connectivity index (χ1) is 13.7. The average Bonchev–Trinajstić information content (AvgIpc) is 2.65. The van der Waals surface area contributed by atoms with E-state index in [0.29, 0.717) is 30.8 Å². The van der Waals surface area contributed by atoms with Crippen molar-refractivity contribution in [2.45, 2.75) is 57.3 Å². The van der Waals surface area contributed by atoms with E-state index in [1.807, 2.05) is 21.1 Å². The third kappa shape index (κ3) is 15.4. The van der Waals surface area contributed by atoms with Crippen LogP contribution in [0.5, 0.6) is 0 Å². The summed E-state index contributed by atoms with van der Waals surface area (Å²) in [4.78, 5) is 12.0. The molecule has 0 radical (unpaired) electrons. The fourth-order valence-corrected chi connectivity index (χ4v) is 3.44. The molecule has 2 unspecified atom stereocenters. The Hall–Kier alpha value is -0.0900. The van der Waals surface area contributed by atoms with Crippen molar-refractivity contribution < 1.29 is 37.2 Å². The lowest BCUT2D eigenvalue weighted by Gasteiger charge is -2.30. The first-order valence-electron chi connectivity index (χ1n) is 10.7. The summed E-state index contributed by atoms with van der Waals surface area (Å²) in [6.07, 6.45) is 6.02. The van der Waals surface area contributed by atoms with Crippen molar-refractivity contribution in [3.8, 4) is 0 Å². The second kappa shape index (κ2) is 14.8. The molecule has 9 nitrogen and oxygen atoms in total. The van der Waals surface area contributed by atoms with Crippen molar-refractivity contribution in [2.75, 3.05) is 67.3 Å². The quantitative estimate of drug-likeness (QED) is 0.206. The van der Waals surface area contributed by atoms with Gasteiger partial charge in [0.25, 0.3) is 7.82 Å². The minimum Gasteiger partial charge on any atom is -0.756 e. The van der Waals surface area contributed by atoms with Crippen LogP contribution < -0.4 is 10.6 Å². The van der Waals surface area contributed by atoms with E-state index in [9.17, 15) is 9.46 Å². The molecule has 29 heavy (non-hydrogen) atoms. The van der Waals surface area contributed by atoms with E-state index < -0.39 is 13.9 Å². The number of hydrogen-bond donors (Lipinski definition) is 1. The summed E-state index contributed by atoms with van der Waals surface area (Å²) in [5.41, 5.74) is 5.48. The molecule has 1 heterocycles. The molecular formula is C19H41N2O7P. The van der Waals surface area contributed by atoms with Gasteiger partial charge in [-0.15, -0.1) is 0 Å². The minimum atomic E-state index is -4.39. The van der Waals surface area contributed by atoms with Gasteiger partial charge in [0, 0.05) is 13.2 Å². The van der Waals surface area contributed by atoms with Gasteiger partial charge < -0.3 is 38.4 Å². The van der Waals surface area contributed by atoms with Crippen molar-refractivity contribution in [1.29, 1.82) is 0 Å². The lowest BCUT2D eigenvalue weighted by molar-refractivity contribution is -0.870. The maximum Gasteiger partial charge on any atom is 0.268 e. The van der Waals surface area contributed by atoms with Gasteiger partial charge in [0.2, 0.25) is 0 Å². The van der Waals surface area contributed by atoms with Crippen LogP contribution in [0.2, 0.25) is 0 Å². The Bertz CT molecular complexity index is 456. The molecule has 3 atom stereocenters. The first-order valence-corrected chi connectivity index (χ1v) is 12.1. The number of nitrogens with zero attached hydrogens (tertiary/aromatic N) is 1. The van der Waals surface area contributed by atoms with Crippen LogP contribution >= 0.6 is 7.82 Å². The molecular weight excluding hydrogens is 399 g/mol. The second-order valence-electron chi connectivity index (χ2n) is 8.42. The zero-order valence-corrected chi connectivity index (χ0v) is 19.3. The Morgan fingerprint density at radius 3 is 2.52 bits per heavy atom. The number of rotatable bonds is 17. The average molecular weight is 441 g/mol. The van der Waals surface area contributed by atoms with E-state index in [0.717, 1.165) is 44.9 Å². The maximum absolute atomic E-state index is 12.0. The predicted molar refractivity (Wildman–Crippen MR) is 109 cm³/mol. The maximum atomic E-state index is 12.0. The van der Waals surface area contributed by atoms with Crippen LogP contribution in [0.3, 0.4) is 0 Å². The molecule has 0 aliphatic carbocycles. The minimum absolute atomic E-state index is 0.0703. The zero-order valence-electron chi connectivity index (χ0n) is 18.4. The van der Waals surface area contributed by atoms with Crippen molar-refractivity contribution in [3.05, 3.63) is 0 Å². The van der Waals surface area contributed by atoms with Crippen LogP contribution in [-0.4, -0.2) is 84.1 Å². The van der Waals surface area contributed by atoms with E-state index >= 15 is 0 Å². The first kappa shape index (κ1) is 26.9. The number of quaternary nitrogens is 1. The highest BCUT2D eigenvalue weighted by molar-refractivity contribution is 7.45. The van der Waals surface area contributed by atoms with E-state index in [2.05, 4.69) is 0 Å². The molecule has 0 saturated carbocycles. The van der Waals surface area contributed by atoms with Gasteiger partial charge in [0.05, 0.1) is 34.4 Å². The van der Waals surface area contributed by atoms with Crippen LogP contribution in [0.4, 0.5) is 0 Å². The van der Waals surface area contributed by atoms with Gasteiger partial charge in [-0.2, -0.15) is 0 Å². The van der Waals surface area contributed by atoms with Gasteiger partial charge >= 0.3 is 0 Å². The molecule has 10 heteroatoms. The summed E-state index contributed by atoms with van der Waals surface area (Å²) in [5, 5.41) is 0. The van der Waals surface area contributed by atoms with Gasteiger partial charge in [0.1, 0.15) is 19.3 Å². The highest BCUT2D eigenvalue weighted by Gasteiger charge is 2.23. The predicted octanol–water partition coefficient (Wildman–Crippen LogP) is 1.64. The molecule has 0 spiro atoms. The van der Waals surface area contributed by atoms with Crippen molar-refractivity contribution in [1.82, 2.24) is 0 Å². The van der Waals surface area contributed by atoms with Crippen molar-refractivity contribution in [2.24, 2.45) is 5.73 Å². The normalized spacial score (nSPS) is 21.1. The molecule has 0 aromatic rings. The molecule has 1 saturated heterocycles. The van der Waals surface area contributed by atoms with Crippen LogP contribution in [0.25, 0.3) is 0 Å². The van der Waals surface area contributed by atoms with E-state index in [-0.39, 0.29) is 26.1 Å². The monoisotopic (exact) mass is 440 g/mol. The van der Waals surface area contributed by atoms with Crippen LogP contribution in [0.15, 0.2) is 0 Å². The van der Waals surface area contributed by atoms with Crippen LogP contribution in [0.1, 0.15) is 44.9 Å². The van der Waals surface area contributed by atoms with Crippen molar-refractivity contribution >= 4 is 7.82 Å². The smallest absolute Gasteiger partial charge is 0.268 e. The Morgan fingerprint density at radius 1 is 1.10 bits per heavy atom.